The van der Waals surface area contributed by atoms with Crippen molar-refractivity contribution in [2.75, 3.05) is 0 Å². The number of aromatic nitrogens is 6. The van der Waals surface area contributed by atoms with Crippen molar-refractivity contribution >= 4 is 54.7 Å². The summed E-state index contributed by atoms with van der Waals surface area (Å²) in [4.78, 5) is 19.9. The van der Waals surface area contributed by atoms with Gasteiger partial charge in [-0.1, -0.05) is 133 Å². The van der Waals surface area contributed by atoms with Crippen molar-refractivity contribution in [2.24, 2.45) is 0 Å². The summed E-state index contributed by atoms with van der Waals surface area (Å²) in [6.45, 7) is 0. The number of hydrogen-bond donors (Lipinski definition) is 0. The predicted octanol–water partition coefficient (Wildman–Crippen LogP) is 12.9. The molecule has 0 bridgehead atoms. The van der Waals surface area contributed by atoms with Crippen LogP contribution >= 0.6 is 0 Å². The normalized spacial score (nSPS) is 11.7. The van der Waals surface area contributed by atoms with Crippen LogP contribution < -0.4 is 0 Å². The summed E-state index contributed by atoms with van der Waals surface area (Å²) in [5.41, 5.74) is 11.6. The molecule has 12 aromatic rings. The van der Waals surface area contributed by atoms with Crippen molar-refractivity contribution in [3.8, 4) is 57.0 Å². The lowest BCUT2D eigenvalue weighted by atomic mass is 10.1. The van der Waals surface area contributed by atoms with Gasteiger partial charge in [-0.15, -0.1) is 0 Å². The Morgan fingerprint density at radius 3 is 1.39 bits per heavy atom. The van der Waals surface area contributed by atoms with Gasteiger partial charge in [0.1, 0.15) is 5.52 Å². The van der Waals surface area contributed by atoms with E-state index in [0.717, 1.165) is 83.0 Å². The fraction of sp³-hybridized carbons (Fsp3) is 0. The number of hydrogen-bond acceptors (Lipinski definition) is 5. The quantitative estimate of drug-likeness (QED) is 0.169. The molecule has 0 amide bonds. The monoisotopic (exact) mass is 756 g/mol. The number of nitrogens with zero attached hydrogens (tertiary/aromatic N) is 6. The number of benzene rings is 8. The Hall–Kier alpha value is -8.16. The summed E-state index contributed by atoms with van der Waals surface area (Å²) in [5.74, 6) is 2.48. The maximum atomic E-state index is 6.67. The van der Waals surface area contributed by atoms with E-state index in [1.54, 1.807) is 0 Å². The summed E-state index contributed by atoms with van der Waals surface area (Å²) in [5, 5.41) is 4.65. The number of oxazole rings is 1. The third-order valence-electron chi connectivity index (χ3n) is 11.2. The van der Waals surface area contributed by atoms with Crippen LogP contribution in [0.25, 0.3) is 112 Å². The van der Waals surface area contributed by atoms with Crippen LogP contribution in [0, 0.1) is 0 Å². The second-order valence-electron chi connectivity index (χ2n) is 14.7. The molecular formula is C52H32N6O. The maximum Gasteiger partial charge on any atom is 0.227 e. The van der Waals surface area contributed by atoms with E-state index in [1.165, 1.54) is 5.39 Å². The Balaban J connectivity index is 1.09. The van der Waals surface area contributed by atoms with Gasteiger partial charge < -0.3 is 13.6 Å². The van der Waals surface area contributed by atoms with Crippen LogP contribution in [-0.4, -0.2) is 29.1 Å². The van der Waals surface area contributed by atoms with Gasteiger partial charge in [0.05, 0.1) is 27.8 Å². The lowest BCUT2D eigenvalue weighted by Gasteiger charge is -2.13. The van der Waals surface area contributed by atoms with E-state index < -0.39 is 0 Å². The lowest BCUT2D eigenvalue weighted by molar-refractivity contribution is 0.618. The van der Waals surface area contributed by atoms with Crippen molar-refractivity contribution in [1.82, 2.24) is 29.1 Å². The molecule has 0 spiro atoms. The van der Waals surface area contributed by atoms with Crippen molar-refractivity contribution in [2.45, 2.75) is 0 Å². The lowest BCUT2D eigenvalue weighted by Crippen LogP contribution is -2.01. The van der Waals surface area contributed by atoms with Crippen LogP contribution in [-0.2, 0) is 0 Å². The molecule has 4 heterocycles. The molecule has 7 heteroatoms. The highest BCUT2D eigenvalue weighted by Crippen LogP contribution is 2.43. The Morgan fingerprint density at radius 2 is 0.814 bits per heavy atom. The third-order valence-corrected chi connectivity index (χ3v) is 11.2. The van der Waals surface area contributed by atoms with Gasteiger partial charge in [-0.05, 0) is 60.7 Å². The molecule has 0 unspecified atom stereocenters. The SMILES string of the molecule is c1ccc(-c2nc(-c3ccccc3)nc(-c3ccc(-n4c5ccccc5c5ccc6c7ccccc7n(-c7cccc8nc(-c9ccccc9)oc78)c6c54)cc3)n2)cc1. The van der Waals surface area contributed by atoms with Gasteiger partial charge in [-0.25, -0.2) is 19.9 Å². The summed E-state index contributed by atoms with van der Waals surface area (Å²) in [6, 6.07) is 66.8. The molecule has 12 rings (SSSR count). The standard InChI is InChI=1S/C52H32N6O/c1-4-15-33(16-5-1)49-54-50(34-17-6-2-7-18-34)56-51(55-49)35-27-29-37(30-28-35)57-43-24-12-10-21-38(43)40-31-32-41-39-22-11-13-25-44(39)58(47(41)46(40)57)45-26-14-23-42-48(45)59-52(53-42)36-19-8-3-9-20-36/h1-32H. The van der Waals surface area contributed by atoms with Crippen molar-refractivity contribution in [3.05, 3.63) is 194 Å². The average molecular weight is 757 g/mol. The first-order valence-electron chi connectivity index (χ1n) is 19.7. The Bertz CT molecular complexity index is 3480. The molecular weight excluding hydrogens is 725 g/mol. The first-order valence-corrected chi connectivity index (χ1v) is 19.7. The average Bonchev–Trinajstić information content (AvgIpc) is 4.01. The van der Waals surface area contributed by atoms with E-state index in [9.17, 15) is 0 Å². The van der Waals surface area contributed by atoms with Crippen LogP contribution in [0.3, 0.4) is 0 Å². The smallest absolute Gasteiger partial charge is 0.227 e. The van der Waals surface area contributed by atoms with E-state index in [1.807, 2.05) is 97.1 Å². The topological polar surface area (TPSA) is 74.6 Å². The zero-order valence-electron chi connectivity index (χ0n) is 31.6. The highest BCUT2D eigenvalue weighted by molar-refractivity contribution is 6.24. The van der Waals surface area contributed by atoms with E-state index in [4.69, 9.17) is 24.4 Å². The van der Waals surface area contributed by atoms with Crippen LogP contribution in [0.2, 0.25) is 0 Å². The van der Waals surface area contributed by atoms with Gasteiger partial charge in [0, 0.05) is 49.5 Å². The fourth-order valence-corrected chi connectivity index (χ4v) is 8.53. The highest BCUT2D eigenvalue weighted by atomic mass is 16.3. The third kappa shape index (κ3) is 5.29. The molecule has 0 fully saturated rings. The highest BCUT2D eigenvalue weighted by Gasteiger charge is 2.23. The Labute approximate surface area is 338 Å². The molecule has 7 nitrogen and oxygen atoms in total. The van der Waals surface area contributed by atoms with E-state index >= 15 is 0 Å². The van der Waals surface area contributed by atoms with Crippen LogP contribution in [0.1, 0.15) is 0 Å². The molecule has 0 aliphatic rings. The van der Waals surface area contributed by atoms with Gasteiger partial charge in [0.2, 0.25) is 5.89 Å². The van der Waals surface area contributed by atoms with E-state index in [0.29, 0.717) is 23.4 Å². The zero-order valence-corrected chi connectivity index (χ0v) is 31.6. The summed E-state index contributed by atoms with van der Waals surface area (Å²) in [7, 11) is 0. The molecule has 0 saturated carbocycles. The van der Waals surface area contributed by atoms with E-state index in [2.05, 4.69) is 106 Å². The minimum Gasteiger partial charge on any atom is -0.434 e. The van der Waals surface area contributed by atoms with Crippen molar-refractivity contribution in [1.29, 1.82) is 0 Å². The van der Waals surface area contributed by atoms with Gasteiger partial charge in [0.25, 0.3) is 0 Å². The molecule has 0 N–H and O–H groups in total. The van der Waals surface area contributed by atoms with E-state index in [-0.39, 0.29) is 0 Å². The first-order chi connectivity index (χ1) is 29.3. The van der Waals surface area contributed by atoms with Gasteiger partial charge in [-0.2, -0.15) is 0 Å². The number of para-hydroxylation sites is 3. The van der Waals surface area contributed by atoms with Gasteiger partial charge in [0.15, 0.2) is 23.1 Å². The van der Waals surface area contributed by atoms with Crippen LogP contribution in [0.15, 0.2) is 199 Å². The molecule has 0 atom stereocenters. The largest absolute Gasteiger partial charge is 0.434 e. The van der Waals surface area contributed by atoms with Crippen LogP contribution in [0.5, 0.6) is 0 Å². The zero-order chi connectivity index (χ0) is 38.9. The van der Waals surface area contributed by atoms with Crippen molar-refractivity contribution < 1.29 is 4.42 Å². The Morgan fingerprint density at radius 1 is 0.339 bits per heavy atom. The minimum absolute atomic E-state index is 0.595. The number of rotatable bonds is 6. The van der Waals surface area contributed by atoms with Crippen molar-refractivity contribution in [3.63, 3.8) is 0 Å². The molecule has 276 valence electrons. The summed E-state index contributed by atoms with van der Waals surface area (Å²) in [6.07, 6.45) is 0. The maximum absolute atomic E-state index is 6.67. The predicted molar refractivity (Wildman–Crippen MR) is 238 cm³/mol. The second-order valence-corrected chi connectivity index (χ2v) is 14.7. The molecule has 0 saturated heterocycles. The molecule has 8 aromatic carbocycles. The van der Waals surface area contributed by atoms with Gasteiger partial charge >= 0.3 is 0 Å². The minimum atomic E-state index is 0.595. The summed E-state index contributed by atoms with van der Waals surface area (Å²) >= 11 is 0. The second kappa shape index (κ2) is 13.2. The molecule has 0 aliphatic carbocycles. The fourth-order valence-electron chi connectivity index (χ4n) is 8.53. The summed E-state index contributed by atoms with van der Waals surface area (Å²) < 4.78 is 11.4. The van der Waals surface area contributed by atoms with Gasteiger partial charge in [-0.3, -0.25) is 0 Å². The molecule has 59 heavy (non-hydrogen) atoms. The molecule has 0 radical (unpaired) electrons. The molecule has 0 aliphatic heterocycles. The Kier molecular flexibility index (Phi) is 7.40. The van der Waals surface area contributed by atoms with Crippen LogP contribution in [0.4, 0.5) is 0 Å². The first kappa shape index (κ1) is 33.0. The number of fused-ring (bicyclic) bond motifs is 8. The molecule has 4 aromatic heterocycles.